The van der Waals surface area contributed by atoms with E-state index in [-0.39, 0.29) is 5.78 Å². The van der Waals surface area contributed by atoms with E-state index in [1.165, 1.54) is 0 Å². The van der Waals surface area contributed by atoms with Crippen LogP contribution >= 0.6 is 11.6 Å². The molecule has 0 N–H and O–H groups in total. The highest BCUT2D eigenvalue weighted by molar-refractivity contribution is 7.85. The van der Waals surface area contributed by atoms with Gasteiger partial charge in [0.2, 0.25) is 0 Å². The Morgan fingerprint density at radius 3 is 2.44 bits per heavy atom. The molecular weight excluding hydrogens is 270 g/mol. The number of nitrogens with zero attached hydrogens (tertiary/aromatic N) is 1. The first kappa shape index (κ1) is 13.7. The first-order valence-corrected chi connectivity index (χ1v) is 7.88. The van der Waals surface area contributed by atoms with Crippen molar-refractivity contribution in [3.05, 3.63) is 34.9 Å². The van der Waals surface area contributed by atoms with Gasteiger partial charge in [0.15, 0.2) is 5.78 Å². The Hall–Kier alpha value is -0.710. The molecule has 1 aromatic rings. The number of benzene rings is 1. The Morgan fingerprint density at radius 1 is 1.22 bits per heavy atom. The molecule has 0 aliphatic carbocycles. The summed E-state index contributed by atoms with van der Waals surface area (Å²) in [4.78, 5) is 14.1. The fourth-order valence-electron chi connectivity index (χ4n) is 1.94. The van der Waals surface area contributed by atoms with E-state index < -0.39 is 10.8 Å². The monoisotopic (exact) mass is 285 g/mol. The van der Waals surface area contributed by atoms with Crippen molar-refractivity contribution in [3.63, 3.8) is 0 Å². The molecule has 0 bridgehead atoms. The second kappa shape index (κ2) is 6.45. The van der Waals surface area contributed by atoms with Crippen molar-refractivity contribution in [1.29, 1.82) is 0 Å². The van der Waals surface area contributed by atoms with Crippen LogP contribution in [-0.4, -0.2) is 46.0 Å². The maximum absolute atomic E-state index is 11.9. The Morgan fingerprint density at radius 2 is 1.83 bits per heavy atom. The molecule has 1 aliphatic heterocycles. The molecule has 0 radical (unpaired) electrons. The molecule has 0 unspecified atom stereocenters. The van der Waals surface area contributed by atoms with Gasteiger partial charge in [-0.15, -0.1) is 0 Å². The highest BCUT2D eigenvalue weighted by Crippen LogP contribution is 2.11. The van der Waals surface area contributed by atoms with Crippen LogP contribution in [0.15, 0.2) is 24.3 Å². The van der Waals surface area contributed by atoms with Gasteiger partial charge in [0.1, 0.15) is 0 Å². The number of halogens is 1. The molecule has 5 heteroatoms. The fraction of sp³-hybridized carbons (Fsp3) is 0.462. The van der Waals surface area contributed by atoms with Crippen molar-refractivity contribution >= 4 is 28.2 Å². The molecule has 0 saturated carbocycles. The van der Waals surface area contributed by atoms with Crippen molar-refractivity contribution < 1.29 is 9.00 Å². The second-order valence-corrected chi connectivity index (χ2v) is 6.50. The maximum Gasteiger partial charge on any atom is 0.164 e. The van der Waals surface area contributed by atoms with E-state index in [0.29, 0.717) is 17.0 Å². The first-order valence-electron chi connectivity index (χ1n) is 6.01. The Kier molecular flexibility index (Phi) is 4.92. The van der Waals surface area contributed by atoms with Gasteiger partial charge in [-0.3, -0.25) is 9.00 Å². The largest absolute Gasteiger partial charge is 0.301 e. The smallest absolute Gasteiger partial charge is 0.164 e. The van der Waals surface area contributed by atoms with Crippen LogP contribution in [0.3, 0.4) is 0 Å². The minimum atomic E-state index is -0.655. The van der Waals surface area contributed by atoms with Crippen molar-refractivity contribution in [2.75, 3.05) is 31.1 Å². The Labute approximate surface area is 115 Å². The number of carbonyl (C=O) groups excluding carboxylic acids is 1. The van der Waals surface area contributed by atoms with Gasteiger partial charge in [-0.25, -0.2) is 0 Å². The van der Waals surface area contributed by atoms with E-state index in [1.807, 2.05) is 0 Å². The van der Waals surface area contributed by atoms with Gasteiger partial charge in [0.25, 0.3) is 0 Å². The predicted octanol–water partition coefficient (Wildman–Crippen LogP) is 1.98. The third kappa shape index (κ3) is 3.90. The zero-order chi connectivity index (χ0) is 13.0. The average Bonchev–Trinajstić information content (AvgIpc) is 2.38. The Bertz CT molecular complexity index is 437. The number of hydrogen-bond acceptors (Lipinski definition) is 3. The lowest BCUT2D eigenvalue weighted by Crippen LogP contribution is -2.38. The fourth-order valence-corrected chi connectivity index (χ4v) is 3.19. The van der Waals surface area contributed by atoms with Gasteiger partial charge in [-0.1, -0.05) is 11.6 Å². The normalized spacial score (nSPS) is 17.8. The van der Waals surface area contributed by atoms with Gasteiger partial charge < -0.3 is 4.90 Å². The summed E-state index contributed by atoms with van der Waals surface area (Å²) in [5.41, 5.74) is 0.708. The average molecular weight is 286 g/mol. The van der Waals surface area contributed by atoms with E-state index in [2.05, 4.69) is 4.90 Å². The standard InChI is InChI=1S/C13H16ClNO2S/c14-12-3-1-11(2-4-12)13(16)5-6-15-7-9-18(17)10-8-15/h1-4H,5-10H2. The summed E-state index contributed by atoms with van der Waals surface area (Å²) in [6.45, 7) is 2.42. The molecule has 98 valence electrons. The van der Waals surface area contributed by atoms with Crippen molar-refractivity contribution in [2.45, 2.75) is 6.42 Å². The van der Waals surface area contributed by atoms with Crippen LogP contribution in [0.4, 0.5) is 0 Å². The van der Waals surface area contributed by atoms with E-state index in [4.69, 9.17) is 11.6 Å². The van der Waals surface area contributed by atoms with Gasteiger partial charge in [-0.2, -0.15) is 0 Å². The number of carbonyl (C=O) groups is 1. The van der Waals surface area contributed by atoms with Gasteiger partial charge >= 0.3 is 0 Å². The van der Waals surface area contributed by atoms with E-state index in [1.54, 1.807) is 24.3 Å². The van der Waals surface area contributed by atoms with Gasteiger partial charge in [-0.05, 0) is 24.3 Å². The molecule has 1 aliphatic rings. The maximum atomic E-state index is 11.9. The highest BCUT2D eigenvalue weighted by Gasteiger charge is 2.16. The predicted molar refractivity (Wildman–Crippen MR) is 74.7 cm³/mol. The number of rotatable bonds is 4. The van der Waals surface area contributed by atoms with Crippen molar-refractivity contribution in [2.24, 2.45) is 0 Å². The van der Waals surface area contributed by atoms with Crippen LogP contribution in [0.5, 0.6) is 0 Å². The molecule has 18 heavy (non-hydrogen) atoms. The molecule has 3 nitrogen and oxygen atoms in total. The topological polar surface area (TPSA) is 37.4 Å². The highest BCUT2D eigenvalue weighted by atomic mass is 35.5. The van der Waals surface area contributed by atoms with E-state index in [9.17, 15) is 9.00 Å². The van der Waals surface area contributed by atoms with Crippen LogP contribution in [-0.2, 0) is 10.8 Å². The Balaban J connectivity index is 1.81. The van der Waals surface area contributed by atoms with Crippen LogP contribution in [0, 0.1) is 0 Å². The third-order valence-corrected chi connectivity index (χ3v) is 4.62. The molecular formula is C13H16ClNO2S. The van der Waals surface area contributed by atoms with Gasteiger partial charge in [0, 0.05) is 58.9 Å². The molecule has 0 aromatic heterocycles. The molecule has 1 aromatic carbocycles. The van der Waals surface area contributed by atoms with Crippen LogP contribution in [0.25, 0.3) is 0 Å². The molecule has 1 saturated heterocycles. The molecule has 1 fully saturated rings. The second-order valence-electron chi connectivity index (χ2n) is 4.37. The van der Waals surface area contributed by atoms with Crippen LogP contribution in [0.2, 0.25) is 5.02 Å². The summed E-state index contributed by atoms with van der Waals surface area (Å²) in [7, 11) is -0.655. The zero-order valence-corrected chi connectivity index (χ0v) is 11.7. The summed E-state index contributed by atoms with van der Waals surface area (Å²) in [5.74, 6) is 1.60. The summed E-state index contributed by atoms with van der Waals surface area (Å²) in [6, 6.07) is 6.99. The van der Waals surface area contributed by atoms with Crippen molar-refractivity contribution in [1.82, 2.24) is 4.90 Å². The minimum absolute atomic E-state index is 0.137. The molecule has 1 heterocycles. The lowest BCUT2D eigenvalue weighted by molar-refractivity contribution is 0.0966. The van der Waals surface area contributed by atoms with Crippen LogP contribution < -0.4 is 0 Å². The van der Waals surface area contributed by atoms with Gasteiger partial charge in [0.05, 0.1) is 0 Å². The summed E-state index contributed by atoms with van der Waals surface area (Å²) >= 11 is 5.78. The summed E-state index contributed by atoms with van der Waals surface area (Å²) in [5, 5.41) is 0.644. The molecule has 0 spiro atoms. The van der Waals surface area contributed by atoms with E-state index in [0.717, 1.165) is 31.1 Å². The molecule has 2 rings (SSSR count). The lowest BCUT2D eigenvalue weighted by Gasteiger charge is -2.25. The lowest BCUT2D eigenvalue weighted by atomic mass is 10.1. The minimum Gasteiger partial charge on any atom is -0.301 e. The quantitative estimate of drug-likeness (QED) is 0.794. The molecule has 0 amide bonds. The van der Waals surface area contributed by atoms with E-state index >= 15 is 0 Å². The SMILES string of the molecule is O=C(CCN1CCS(=O)CC1)c1ccc(Cl)cc1. The number of Topliss-reactive ketones (excluding diaryl/α,β-unsaturated/α-hetero) is 1. The molecule has 0 atom stereocenters. The van der Waals surface area contributed by atoms with Crippen molar-refractivity contribution in [3.8, 4) is 0 Å². The number of ketones is 1. The first-order chi connectivity index (χ1) is 8.65. The number of hydrogen-bond donors (Lipinski definition) is 0. The summed E-state index contributed by atoms with van der Waals surface area (Å²) < 4.78 is 11.2. The summed E-state index contributed by atoms with van der Waals surface area (Å²) in [6.07, 6.45) is 0.508. The van der Waals surface area contributed by atoms with Crippen LogP contribution in [0.1, 0.15) is 16.8 Å². The zero-order valence-electron chi connectivity index (χ0n) is 10.1. The third-order valence-electron chi connectivity index (χ3n) is 3.09.